The number of likely N-dealkylation sites (tertiary alicyclic amines) is 2. The molecule has 4 aromatic rings. The second kappa shape index (κ2) is 20.0. The number of hydrogen-bond acceptors (Lipinski definition) is 9. The zero-order chi connectivity index (χ0) is 40.3. The molecule has 2 aromatic heterocycles. The Labute approximate surface area is 342 Å². The van der Waals surface area contributed by atoms with Crippen molar-refractivity contribution < 1.29 is 19.1 Å². The van der Waals surface area contributed by atoms with Crippen LogP contribution in [0.2, 0.25) is 10.0 Å². The molecule has 4 N–H and O–H groups in total. The predicted molar refractivity (Wildman–Crippen MR) is 223 cm³/mol. The lowest BCUT2D eigenvalue weighted by molar-refractivity contribution is 0.0932. The van der Waals surface area contributed by atoms with Gasteiger partial charge in [0.05, 0.1) is 28.0 Å². The lowest BCUT2D eigenvalue weighted by Crippen LogP contribution is -2.39. The van der Waals surface area contributed by atoms with Crippen molar-refractivity contribution in [3.05, 3.63) is 92.5 Å². The first-order chi connectivity index (χ1) is 27.6. The molecular weight excluding hydrogens is 769 g/mol. The molecular formula is C41H49Cl2N9O5. The third kappa shape index (κ3) is 11.0. The van der Waals surface area contributed by atoms with Crippen molar-refractivity contribution in [2.45, 2.75) is 51.6 Å². The van der Waals surface area contributed by atoms with E-state index in [2.05, 4.69) is 41.1 Å². The molecule has 0 radical (unpaired) electrons. The van der Waals surface area contributed by atoms with Gasteiger partial charge >= 0.3 is 6.03 Å². The maximum atomic E-state index is 13.7. The highest BCUT2D eigenvalue weighted by Crippen LogP contribution is 2.30. The molecule has 0 aliphatic carbocycles. The number of pyridine rings is 1. The lowest BCUT2D eigenvalue weighted by atomic mass is 9.97. The van der Waals surface area contributed by atoms with Crippen LogP contribution in [-0.2, 0) is 11.3 Å². The molecule has 0 bridgehead atoms. The number of rotatable bonds is 15. The number of aromatic nitrogens is 3. The Morgan fingerprint density at radius 1 is 0.825 bits per heavy atom. The first-order valence-electron chi connectivity index (χ1n) is 19.4. The van der Waals surface area contributed by atoms with Gasteiger partial charge in [0, 0.05) is 75.0 Å². The quantitative estimate of drug-likeness (QED) is 0.113. The van der Waals surface area contributed by atoms with Crippen LogP contribution < -0.4 is 26.8 Å². The van der Waals surface area contributed by atoms with Gasteiger partial charge < -0.3 is 30.9 Å². The van der Waals surface area contributed by atoms with Gasteiger partial charge in [0.1, 0.15) is 5.69 Å². The van der Waals surface area contributed by atoms with Crippen molar-refractivity contribution in [1.82, 2.24) is 35.2 Å². The van der Waals surface area contributed by atoms with Gasteiger partial charge in [0.15, 0.2) is 0 Å². The number of urea groups is 1. The lowest BCUT2D eigenvalue weighted by Gasteiger charge is -2.26. The molecule has 2 aliphatic heterocycles. The molecule has 2 fully saturated rings. The summed E-state index contributed by atoms with van der Waals surface area (Å²) >= 11 is 12.4. The second-order valence-electron chi connectivity index (χ2n) is 14.2. The number of amides is 4. The summed E-state index contributed by atoms with van der Waals surface area (Å²) in [5.41, 5.74) is 2.77. The SMILES string of the molecule is CCn1nc(-c2cccc(-c3cc(C(=O)NCCN4CCCCC4)cc(C(=O)NCCN4CCC[C@H]4COC)c3)c2)cc(NC(=O)Nc2c(Cl)cncc2Cl)c1=O. The van der Waals surface area contributed by atoms with Crippen molar-refractivity contribution in [3.8, 4) is 22.4 Å². The molecule has 2 aromatic carbocycles. The molecule has 14 nitrogen and oxygen atoms in total. The monoisotopic (exact) mass is 817 g/mol. The van der Waals surface area contributed by atoms with Crippen LogP contribution in [-0.4, -0.2) is 108 Å². The molecule has 0 saturated carbocycles. The van der Waals surface area contributed by atoms with Gasteiger partial charge in [-0.2, -0.15) is 5.10 Å². The standard InChI is InChI=1S/C41H49Cl2N9O5/c1-3-52-40(55)36(47-41(56)48-37-33(42)24-44-25-34(37)43)23-35(49-52)28-10-7-9-27(19-28)29-20-30(38(53)45-12-17-50-14-5-4-6-15-50)22-31(21-29)39(54)46-13-18-51-16-8-11-32(51)26-57-2/h7,9-10,19-25,32H,3-6,8,11-18,26H2,1-2H3,(H,45,53)(H,46,54)(H2,44,47,48,56)/t32-/m0/s1. The number of piperidine rings is 1. The molecule has 0 spiro atoms. The minimum absolute atomic E-state index is 0.0179. The Hall–Kier alpha value is -4.86. The molecule has 0 unspecified atom stereocenters. The highest BCUT2D eigenvalue weighted by molar-refractivity contribution is 6.39. The number of hydrogen-bond donors (Lipinski definition) is 4. The number of anilines is 2. The molecule has 16 heteroatoms. The van der Waals surface area contributed by atoms with Crippen LogP contribution in [0.5, 0.6) is 0 Å². The van der Waals surface area contributed by atoms with Crippen LogP contribution in [0.1, 0.15) is 59.7 Å². The van der Waals surface area contributed by atoms with E-state index < -0.39 is 11.6 Å². The molecule has 4 heterocycles. The number of carbonyl (C=O) groups is 3. The highest BCUT2D eigenvalue weighted by Gasteiger charge is 2.24. The minimum atomic E-state index is -0.734. The smallest absolute Gasteiger partial charge is 0.323 e. The molecule has 57 heavy (non-hydrogen) atoms. The normalized spacial score (nSPS) is 16.0. The van der Waals surface area contributed by atoms with Gasteiger partial charge in [-0.05, 0) is 93.7 Å². The first-order valence-corrected chi connectivity index (χ1v) is 20.2. The minimum Gasteiger partial charge on any atom is -0.383 e. The van der Waals surface area contributed by atoms with E-state index in [1.807, 2.05) is 24.3 Å². The largest absolute Gasteiger partial charge is 0.383 e. The molecule has 4 amide bonds. The Morgan fingerprint density at radius 2 is 1.51 bits per heavy atom. The average molecular weight is 819 g/mol. The van der Waals surface area contributed by atoms with Gasteiger partial charge in [0.25, 0.3) is 17.4 Å². The summed E-state index contributed by atoms with van der Waals surface area (Å²) in [4.78, 5) is 62.2. The fourth-order valence-electron chi connectivity index (χ4n) is 7.30. The maximum absolute atomic E-state index is 13.7. The third-order valence-corrected chi connectivity index (χ3v) is 10.8. The first kappa shape index (κ1) is 41.8. The van der Waals surface area contributed by atoms with Crippen LogP contribution >= 0.6 is 23.2 Å². The summed E-state index contributed by atoms with van der Waals surface area (Å²) in [6.45, 7) is 8.09. The van der Waals surface area contributed by atoms with Crippen LogP contribution in [0.25, 0.3) is 22.4 Å². The summed E-state index contributed by atoms with van der Waals surface area (Å²) in [6, 6.07) is 13.7. The van der Waals surface area contributed by atoms with Gasteiger partial charge in [-0.15, -0.1) is 0 Å². The number of nitrogens with zero attached hydrogens (tertiary/aromatic N) is 5. The zero-order valence-corrected chi connectivity index (χ0v) is 33.8. The van der Waals surface area contributed by atoms with E-state index in [1.54, 1.807) is 32.2 Å². The number of methoxy groups -OCH3 is 1. The Kier molecular flexibility index (Phi) is 14.7. The summed E-state index contributed by atoms with van der Waals surface area (Å²) in [7, 11) is 1.71. The van der Waals surface area contributed by atoms with E-state index >= 15 is 0 Å². The molecule has 6 rings (SSSR count). The van der Waals surface area contributed by atoms with Crippen molar-refractivity contribution in [2.24, 2.45) is 0 Å². The van der Waals surface area contributed by atoms with Gasteiger partial charge in [-0.3, -0.25) is 24.3 Å². The van der Waals surface area contributed by atoms with Gasteiger partial charge in [-0.25, -0.2) is 9.48 Å². The predicted octanol–water partition coefficient (Wildman–Crippen LogP) is 6.00. The van der Waals surface area contributed by atoms with E-state index in [-0.39, 0.29) is 39.8 Å². The summed E-state index contributed by atoms with van der Waals surface area (Å²) in [5.74, 6) is -0.545. The Bertz CT molecular complexity index is 2100. The third-order valence-electron chi connectivity index (χ3n) is 10.3. The number of benzene rings is 2. The number of carbonyl (C=O) groups excluding carboxylic acids is 3. The van der Waals surface area contributed by atoms with Crippen molar-refractivity contribution in [3.63, 3.8) is 0 Å². The maximum Gasteiger partial charge on any atom is 0.323 e. The van der Waals surface area contributed by atoms with Crippen LogP contribution in [0.3, 0.4) is 0 Å². The van der Waals surface area contributed by atoms with Crippen molar-refractivity contribution in [1.29, 1.82) is 0 Å². The van der Waals surface area contributed by atoms with Gasteiger partial charge in [0.2, 0.25) is 0 Å². The fraction of sp³-hybridized carbons (Fsp3) is 0.415. The van der Waals surface area contributed by atoms with Crippen LogP contribution in [0.15, 0.2) is 65.7 Å². The molecule has 1 atom stereocenters. The van der Waals surface area contributed by atoms with E-state index in [0.29, 0.717) is 65.8 Å². The number of nitrogens with one attached hydrogen (secondary N) is 4. The Balaban J connectivity index is 1.25. The summed E-state index contributed by atoms with van der Waals surface area (Å²) < 4.78 is 6.64. The van der Waals surface area contributed by atoms with E-state index in [9.17, 15) is 19.2 Å². The summed E-state index contributed by atoms with van der Waals surface area (Å²) in [5, 5.41) is 16.1. The van der Waals surface area contributed by atoms with E-state index in [4.69, 9.17) is 27.9 Å². The van der Waals surface area contributed by atoms with Crippen molar-refractivity contribution >= 4 is 52.4 Å². The topological polar surface area (TPSA) is 163 Å². The molecule has 2 aliphatic rings. The van der Waals surface area contributed by atoms with Crippen LogP contribution in [0, 0.1) is 0 Å². The Morgan fingerprint density at radius 3 is 2.19 bits per heavy atom. The second-order valence-corrected chi connectivity index (χ2v) is 15.0. The number of ether oxygens (including phenoxy) is 1. The van der Waals surface area contributed by atoms with E-state index in [0.717, 1.165) is 51.9 Å². The average Bonchev–Trinajstić information content (AvgIpc) is 3.67. The van der Waals surface area contributed by atoms with Crippen LogP contribution in [0.4, 0.5) is 16.2 Å². The van der Waals surface area contributed by atoms with E-state index in [1.165, 1.54) is 29.6 Å². The van der Waals surface area contributed by atoms with Gasteiger partial charge in [-0.1, -0.05) is 47.8 Å². The number of halogens is 2. The summed E-state index contributed by atoms with van der Waals surface area (Å²) in [6.07, 6.45) is 8.41. The van der Waals surface area contributed by atoms with Crippen molar-refractivity contribution in [2.75, 3.05) is 70.2 Å². The molecule has 2 saturated heterocycles. The number of aryl methyl sites for hydroxylation is 1. The molecule has 302 valence electrons. The zero-order valence-electron chi connectivity index (χ0n) is 32.3. The fourth-order valence-corrected chi connectivity index (χ4v) is 7.76. The highest BCUT2D eigenvalue weighted by atomic mass is 35.5.